The first-order valence-corrected chi connectivity index (χ1v) is 13.7. The molecule has 190 valence electrons. The summed E-state index contributed by atoms with van der Waals surface area (Å²) < 4.78 is 0. The van der Waals surface area contributed by atoms with Gasteiger partial charge < -0.3 is 5.11 Å². The summed E-state index contributed by atoms with van der Waals surface area (Å²) in [6, 6.07) is 0. The maximum atomic E-state index is 14.5. The van der Waals surface area contributed by atoms with E-state index in [1.807, 2.05) is 0 Å². The van der Waals surface area contributed by atoms with Crippen LogP contribution < -0.4 is 0 Å². The molecule has 5 rings (SSSR count). The average molecular weight is 471 g/mol. The molecule has 0 heterocycles. The van der Waals surface area contributed by atoms with Gasteiger partial charge in [-0.2, -0.15) is 0 Å². The normalized spacial score (nSPS) is 56.7. The Kier molecular flexibility index (Phi) is 4.96. The van der Waals surface area contributed by atoms with E-state index in [0.717, 1.165) is 32.1 Å². The minimum atomic E-state index is -0.666. The number of Topliss-reactive ketones (excluding diaryl/α,β-unsaturated/α-hetero) is 3. The summed E-state index contributed by atoms with van der Waals surface area (Å²) >= 11 is 0. The standard InChI is InChI=1S/C30H46O4/c1-17-18(31)9-10-20-27(17,5)13-19(32)24-28(20,6)16-23(34)30(8)21-14-25(2,3)15-22(33)26(21,4)11-12-29(24,30)7/h17-18,20-21,24,31H,9-16H2,1-8H3/t17-,18-,20+,21-,24+,26+,27+,28-,29+,30+/m0/s1. The summed E-state index contributed by atoms with van der Waals surface area (Å²) in [4.78, 5) is 42.2. The van der Waals surface area contributed by atoms with Gasteiger partial charge in [-0.15, -0.1) is 0 Å². The molecule has 4 nitrogen and oxygen atoms in total. The van der Waals surface area contributed by atoms with E-state index in [1.54, 1.807) is 0 Å². The smallest absolute Gasteiger partial charge is 0.140 e. The molecule has 0 radical (unpaired) electrons. The van der Waals surface area contributed by atoms with Crippen molar-refractivity contribution in [2.75, 3.05) is 0 Å². The van der Waals surface area contributed by atoms with Crippen molar-refractivity contribution in [2.24, 2.45) is 56.2 Å². The van der Waals surface area contributed by atoms with E-state index in [2.05, 4.69) is 55.4 Å². The van der Waals surface area contributed by atoms with Crippen LogP contribution in [0.2, 0.25) is 0 Å². The fraction of sp³-hybridized carbons (Fsp3) is 0.900. The topological polar surface area (TPSA) is 71.4 Å². The molecule has 4 heteroatoms. The summed E-state index contributed by atoms with van der Waals surface area (Å²) in [6.45, 7) is 17.4. The van der Waals surface area contributed by atoms with Gasteiger partial charge in [0.1, 0.15) is 17.3 Å². The van der Waals surface area contributed by atoms with Crippen molar-refractivity contribution in [1.29, 1.82) is 0 Å². The highest BCUT2D eigenvalue weighted by molar-refractivity contribution is 5.96. The third-order valence-corrected chi connectivity index (χ3v) is 13.1. The third kappa shape index (κ3) is 2.68. The lowest BCUT2D eigenvalue weighted by atomic mass is 9.29. The molecular weight excluding hydrogens is 424 g/mol. The SMILES string of the molecule is C[C@H]1[C@@H](O)CC[C@H]2[C@]3(C)CC(=O)[C@@]4(C)[C@H]5CC(C)(C)CC(=O)[C@]5(C)CC[C@]4(C)[C@@H]3C(=O)C[C@@]21C. The van der Waals surface area contributed by atoms with Gasteiger partial charge in [-0.05, 0) is 71.5 Å². The van der Waals surface area contributed by atoms with Crippen LogP contribution >= 0.6 is 0 Å². The Bertz CT molecular complexity index is 967. The molecule has 0 aromatic carbocycles. The van der Waals surface area contributed by atoms with Gasteiger partial charge in [-0.3, -0.25) is 14.4 Å². The molecule has 0 aliphatic heterocycles. The van der Waals surface area contributed by atoms with Crippen molar-refractivity contribution in [3.8, 4) is 0 Å². The van der Waals surface area contributed by atoms with Crippen molar-refractivity contribution in [1.82, 2.24) is 0 Å². The van der Waals surface area contributed by atoms with Crippen LogP contribution in [-0.2, 0) is 14.4 Å². The van der Waals surface area contributed by atoms with Gasteiger partial charge in [0.05, 0.1) is 6.10 Å². The zero-order chi connectivity index (χ0) is 25.3. The first-order valence-electron chi connectivity index (χ1n) is 13.7. The van der Waals surface area contributed by atoms with Gasteiger partial charge in [-0.1, -0.05) is 55.4 Å². The van der Waals surface area contributed by atoms with Crippen molar-refractivity contribution in [2.45, 2.75) is 113 Å². The van der Waals surface area contributed by atoms with Crippen molar-refractivity contribution in [3.05, 3.63) is 0 Å². The molecule has 0 saturated heterocycles. The fourth-order valence-electron chi connectivity index (χ4n) is 10.9. The number of hydrogen-bond donors (Lipinski definition) is 1. The zero-order valence-corrected chi connectivity index (χ0v) is 22.7. The number of ketones is 3. The molecule has 0 unspecified atom stereocenters. The second kappa shape index (κ2) is 6.84. The van der Waals surface area contributed by atoms with Gasteiger partial charge in [0.25, 0.3) is 0 Å². The number of aliphatic hydroxyl groups is 1. The molecule has 0 aromatic rings. The number of rotatable bonds is 0. The van der Waals surface area contributed by atoms with Crippen LogP contribution in [0.3, 0.4) is 0 Å². The first-order chi connectivity index (χ1) is 15.5. The van der Waals surface area contributed by atoms with E-state index in [0.29, 0.717) is 30.8 Å². The highest BCUT2D eigenvalue weighted by atomic mass is 16.3. The Morgan fingerprint density at radius 1 is 0.765 bits per heavy atom. The molecule has 0 bridgehead atoms. The van der Waals surface area contributed by atoms with Gasteiger partial charge >= 0.3 is 0 Å². The van der Waals surface area contributed by atoms with Crippen LogP contribution in [0.15, 0.2) is 0 Å². The van der Waals surface area contributed by atoms with Crippen LogP contribution in [0.5, 0.6) is 0 Å². The number of carbonyl (C=O) groups excluding carboxylic acids is 3. The molecule has 5 saturated carbocycles. The minimum Gasteiger partial charge on any atom is -0.393 e. The van der Waals surface area contributed by atoms with E-state index < -0.39 is 16.2 Å². The molecule has 5 fully saturated rings. The molecule has 0 amide bonds. The van der Waals surface area contributed by atoms with E-state index in [-0.39, 0.29) is 51.8 Å². The van der Waals surface area contributed by atoms with E-state index in [9.17, 15) is 19.5 Å². The van der Waals surface area contributed by atoms with Gasteiger partial charge in [-0.25, -0.2) is 0 Å². The van der Waals surface area contributed by atoms with Gasteiger partial charge in [0, 0.05) is 36.0 Å². The van der Waals surface area contributed by atoms with Crippen LogP contribution in [0.1, 0.15) is 107 Å². The Hall–Kier alpha value is -1.03. The third-order valence-electron chi connectivity index (χ3n) is 13.1. The minimum absolute atomic E-state index is 0.0136. The summed E-state index contributed by atoms with van der Waals surface area (Å²) in [5.74, 6) is 1.03. The fourth-order valence-corrected chi connectivity index (χ4v) is 10.9. The van der Waals surface area contributed by atoms with E-state index in [4.69, 9.17) is 0 Å². The Labute approximate surface area is 206 Å². The highest BCUT2D eigenvalue weighted by Gasteiger charge is 2.76. The van der Waals surface area contributed by atoms with E-state index in [1.165, 1.54) is 0 Å². The Morgan fingerprint density at radius 2 is 1.41 bits per heavy atom. The number of hydrogen-bond acceptors (Lipinski definition) is 4. The molecular formula is C30H46O4. The van der Waals surface area contributed by atoms with E-state index >= 15 is 0 Å². The maximum Gasteiger partial charge on any atom is 0.140 e. The Balaban J connectivity index is 1.65. The molecule has 5 aliphatic carbocycles. The van der Waals surface area contributed by atoms with Crippen LogP contribution in [0, 0.1) is 56.2 Å². The summed E-state index contributed by atoms with van der Waals surface area (Å²) in [5, 5.41) is 10.7. The maximum absolute atomic E-state index is 14.5. The second-order valence-electron chi connectivity index (χ2n) is 15.2. The number of carbonyl (C=O) groups is 3. The lowest BCUT2D eigenvalue weighted by Gasteiger charge is -2.72. The predicted octanol–water partition coefficient (Wildman–Crippen LogP) is 5.79. The highest BCUT2D eigenvalue weighted by Crippen LogP contribution is 2.76. The zero-order valence-electron chi connectivity index (χ0n) is 22.7. The molecule has 1 N–H and O–H groups in total. The Morgan fingerprint density at radius 3 is 2.06 bits per heavy atom. The quantitative estimate of drug-likeness (QED) is 0.487. The lowest BCUT2D eigenvalue weighted by Crippen LogP contribution is -2.73. The molecule has 10 atom stereocenters. The molecule has 5 aliphatic rings. The second-order valence-corrected chi connectivity index (χ2v) is 15.2. The van der Waals surface area contributed by atoms with Crippen molar-refractivity contribution >= 4 is 17.3 Å². The monoisotopic (exact) mass is 470 g/mol. The lowest BCUT2D eigenvalue weighted by molar-refractivity contribution is -0.236. The average Bonchev–Trinajstić information content (AvgIpc) is 2.70. The largest absolute Gasteiger partial charge is 0.393 e. The molecule has 0 aromatic heterocycles. The summed E-state index contributed by atoms with van der Waals surface area (Å²) in [5.41, 5.74) is -2.34. The van der Waals surface area contributed by atoms with Crippen LogP contribution in [0.4, 0.5) is 0 Å². The van der Waals surface area contributed by atoms with Crippen molar-refractivity contribution < 1.29 is 19.5 Å². The molecule has 34 heavy (non-hydrogen) atoms. The van der Waals surface area contributed by atoms with Crippen LogP contribution in [-0.4, -0.2) is 28.6 Å². The summed E-state index contributed by atoms with van der Waals surface area (Å²) in [7, 11) is 0. The van der Waals surface area contributed by atoms with Crippen molar-refractivity contribution in [3.63, 3.8) is 0 Å². The predicted molar refractivity (Wildman–Crippen MR) is 132 cm³/mol. The summed E-state index contributed by atoms with van der Waals surface area (Å²) in [6.07, 6.45) is 5.20. The van der Waals surface area contributed by atoms with Gasteiger partial charge in [0.2, 0.25) is 0 Å². The molecule has 0 spiro atoms. The number of aliphatic hydroxyl groups excluding tert-OH is 1. The van der Waals surface area contributed by atoms with Gasteiger partial charge in [0.15, 0.2) is 0 Å². The number of fused-ring (bicyclic) bond motifs is 7. The first kappa shape index (κ1) is 24.7. The van der Waals surface area contributed by atoms with Crippen LogP contribution in [0.25, 0.3) is 0 Å².